The van der Waals surface area contributed by atoms with Crippen molar-refractivity contribution < 1.29 is 0 Å². The van der Waals surface area contributed by atoms with Crippen molar-refractivity contribution in [2.75, 3.05) is 18.0 Å². The fourth-order valence-electron chi connectivity index (χ4n) is 3.11. The lowest BCUT2D eigenvalue weighted by Gasteiger charge is -2.20. The normalized spacial score (nSPS) is 11.0. The Labute approximate surface area is 156 Å². The Morgan fingerprint density at radius 3 is 2.12 bits per heavy atom. The van der Waals surface area contributed by atoms with Crippen LogP contribution in [0.5, 0.6) is 0 Å². The maximum atomic E-state index is 4.75. The largest absolute Gasteiger partial charge is 0.372 e. The van der Waals surface area contributed by atoms with Crippen LogP contribution in [-0.2, 0) is 6.42 Å². The van der Waals surface area contributed by atoms with Crippen molar-refractivity contribution in [3.63, 3.8) is 0 Å². The molecule has 0 spiro atoms. The number of aliphatic imine (C=N–C) groups is 1. The van der Waals surface area contributed by atoms with Gasteiger partial charge in [-0.3, -0.25) is 4.99 Å². The molecule has 132 valence electrons. The smallest absolute Gasteiger partial charge is 0.0665 e. The molecule has 0 aliphatic carbocycles. The molecule has 0 fully saturated rings. The first-order valence-corrected chi connectivity index (χ1v) is 9.31. The lowest BCUT2D eigenvalue weighted by Crippen LogP contribution is -2.21. The molecule has 3 aromatic rings. The standard InChI is InChI=1S/C24H26N2/c1-3-26(4-2)23-16-14-21(15-17-23)19-25-24-13-9-8-12-22(24)18-20-10-6-5-7-11-20/h5-17,19H,3-4,18H2,1-2H3. The molecule has 0 bridgehead atoms. The fourth-order valence-corrected chi connectivity index (χ4v) is 3.11. The van der Waals surface area contributed by atoms with E-state index in [1.165, 1.54) is 16.8 Å². The summed E-state index contributed by atoms with van der Waals surface area (Å²) in [4.78, 5) is 7.09. The highest BCUT2D eigenvalue weighted by Crippen LogP contribution is 2.22. The maximum Gasteiger partial charge on any atom is 0.0665 e. The van der Waals surface area contributed by atoms with E-state index in [1.54, 1.807) is 0 Å². The maximum absolute atomic E-state index is 4.75. The van der Waals surface area contributed by atoms with Gasteiger partial charge in [0.15, 0.2) is 0 Å². The predicted octanol–water partition coefficient (Wildman–Crippen LogP) is 5.87. The molecular weight excluding hydrogens is 316 g/mol. The number of anilines is 1. The van der Waals surface area contributed by atoms with Crippen LogP contribution in [0, 0.1) is 0 Å². The van der Waals surface area contributed by atoms with Crippen molar-refractivity contribution in [2.45, 2.75) is 20.3 Å². The summed E-state index contributed by atoms with van der Waals surface area (Å²) in [7, 11) is 0. The highest BCUT2D eigenvalue weighted by Gasteiger charge is 2.03. The number of hydrogen-bond donors (Lipinski definition) is 0. The van der Waals surface area contributed by atoms with E-state index < -0.39 is 0 Å². The molecule has 0 N–H and O–H groups in total. The monoisotopic (exact) mass is 342 g/mol. The third kappa shape index (κ3) is 4.60. The molecule has 0 aliphatic heterocycles. The van der Waals surface area contributed by atoms with Gasteiger partial charge in [0.25, 0.3) is 0 Å². The van der Waals surface area contributed by atoms with Crippen LogP contribution in [0.3, 0.4) is 0 Å². The molecule has 0 radical (unpaired) electrons. The van der Waals surface area contributed by atoms with E-state index in [0.717, 1.165) is 30.8 Å². The Bertz CT molecular complexity index is 832. The number of rotatable bonds is 7. The van der Waals surface area contributed by atoms with Gasteiger partial charge in [-0.2, -0.15) is 0 Å². The van der Waals surface area contributed by atoms with Gasteiger partial charge >= 0.3 is 0 Å². The summed E-state index contributed by atoms with van der Waals surface area (Å²) in [6.07, 6.45) is 2.85. The number of hydrogen-bond acceptors (Lipinski definition) is 2. The molecule has 0 heterocycles. The molecule has 0 saturated heterocycles. The zero-order chi connectivity index (χ0) is 18.2. The van der Waals surface area contributed by atoms with E-state index in [1.807, 2.05) is 12.3 Å². The fraction of sp³-hybridized carbons (Fsp3) is 0.208. The minimum Gasteiger partial charge on any atom is -0.372 e. The molecule has 3 aromatic carbocycles. The van der Waals surface area contributed by atoms with Crippen molar-refractivity contribution >= 4 is 17.6 Å². The van der Waals surface area contributed by atoms with Gasteiger partial charge in [0.1, 0.15) is 0 Å². The topological polar surface area (TPSA) is 15.6 Å². The zero-order valence-corrected chi connectivity index (χ0v) is 15.6. The number of para-hydroxylation sites is 1. The third-order valence-corrected chi connectivity index (χ3v) is 4.60. The SMILES string of the molecule is CCN(CC)c1ccc(C=Nc2ccccc2Cc2ccccc2)cc1. The minimum absolute atomic E-state index is 0.898. The van der Waals surface area contributed by atoms with Gasteiger partial charge in [0.05, 0.1) is 5.69 Å². The van der Waals surface area contributed by atoms with Gasteiger partial charge in [-0.15, -0.1) is 0 Å². The first-order valence-electron chi connectivity index (χ1n) is 9.31. The van der Waals surface area contributed by atoms with Crippen LogP contribution in [0.4, 0.5) is 11.4 Å². The second kappa shape index (κ2) is 9.00. The highest BCUT2D eigenvalue weighted by atomic mass is 15.1. The Kier molecular flexibility index (Phi) is 6.21. The van der Waals surface area contributed by atoms with Crippen LogP contribution >= 0.6 is 0 Å². The second-order valence-electron chi connectivity index (χ2n) is 6.31. The van der Waals surface area contributed by atoms with Crippen molar-refractivity contribution in [2.24, 2.45) is 4.99 Å². The van der Waals surface area contributed by atoms with Crippen molar-refractivity contribution in [1.82, 2.24) is 0 Å². The van der Waals surface area contributed by atoms with Crippen LogP contribution in [0.25, 0.3) is 0 Å². The minimum atomic E-state index is 0.898. The van der Waals surface area contributed by atoms with E-state index in [4.69, 9.17) is 4.99 Å². The second-order valence-corrected chi connectivity index (χ2v) is 6.31. The average molecular weight is 342 g/mol. The summed E-state index contributed by atoms with van der Waals surface area (Å²) in [5.74, 6) is 0. The van der Waals surface area contributed by atoms with Gasteiger partial charge in [0.2, 0.25) is 0 Å². The molecule has 0 unspecified atom stereocenters. The molecular formula is C24H26N2. The Morgan fingerprint density at radius 1 is 0.769 bits per heavy atom. The van der Waals surface area contributed by atoms with Crippen molar-refractivity contribution in [1.29, 1.82) is 0 Å². The van der Waals surface area contributed by atoms with Crippen LogP contribution < -0.4 is 4.90 Å². The van der Waals surface area contributed by atoms with E-state index >= 15 is 0 Å². The van der Waals surface area contributed by atoms with Gasteiger partial charge in [0, 0.05) is 25.0 Å². The Morgan fingerprint density at radius 2 is 1.42 bits per heavy atom. The lowest BCUT2D eigenvalue weighted by molar-refractivity contribution is 0.866. The van der Waals surface area contributed by atoms with Crippen molar-refractivity contribution in [3.05, 3.63) is 95.6 Å². The summed E-state index contributed by atoms with van der Waals surface area (Å²) in [6, 6.07) is 27.5. The molecule has 26 heavy (non-hydrogen) atoms. The molecule has 3 rings (SSSR count). The molecule has 0 atom stereocenters. The average Bonchev–Trinajstić information content (AvgIpc) is 2.70. The summed E-state index contributed by atoms with van der Waals surface area (Å²) in [6.45, 7) is 6.42. The summed E-state index contributed by atoms with van der Waals surface area (Å²) in [5.41, 5.74) is 5.96. The summed E-state index contributed by atoms with van der Waals surface area (Å²) in [5, 5.41) is 0. The predicted molar refractivity (Wildman–Crippen MR) is 113 cm³/mol. The van der Waals surface area contributed by atoms with Gasteiger partial charge < -0.3 is 4.90 Å². The summed E-state index contributed by atoms with van der Waals surface area (Å²) >= 11 is 0. The van der Waals surface area contributed by atoms with E-state index in [0.29, 0.717) is 0 Å². The molecule has 2 heteroatoms. The Balaban J connectivity index is 1.76. The van der Waals surface area contributed by atoms with Crippen LogP contribution in [0.2, 0.25) is 0 Å². The van der Waals surface area contributed by atoms with Gasteiger partial charge in [-0.05, 0) is 55.2 Å². The number of benzene rings is 3. The zero-order valence-electron chi connectivity index (χ0n) is 15.6. The molecule has 2 nitrogen and oxygen atoms in total. The van der Waals surface area contributed by atoms with Gasteiger partial charge in [-0.25, -0.2) is 0 Å². The number of nitrogens with zero attached hydrogens (tertiary/aromatic N) is 2. The van der Waals surface area contributed by atoms with E-state index in [2.05, 4.69) is 91.5 Å². The molecule has 0 aliphatic rings. The summed E-state index contributed by atoms with van der Waals surface area (Å²) < 4.78 is 0. The highest BCUT2D eigenvalue weighted by molar-refractivity contribution is 5.83. The van der Waals surface area contributed by atoms with E-state index in [9.17, 15) is 0 Å². The van der Waals surface area contributed by atoms with Crippen LogP contribution in [0.15, 0.2) is 83.9 Å². The van der Waals surface area contributed by atoms with E-state index in [-0.39, 0.29) is 0 Å². The Hall–Kier alpha value is -2.87. The van der Waals surface area contributed by atoms with Crippen molar-refractivity contribution in [3.8, 4) is 0 Å². The molecule has 0 amide bonds. The molecule has 0 aromatic heterocycles. The first kappa shape index (κ1) is 17.9. The van der Waals surface area contributed by atoms with Crippen LogP contribution in [0.1, 0.15) is 30.5 Å². The van der Waals surface area contributed by atoms with Gasteiger partial charge in [-0.1, -0.05) is 60.7 Å². The quantitative estimate of drug-likeness (QED) is 0.490. The van der Waals surface area contributed by atoms with Crippen LogP contribution in [-0.4, -0.2) is 19.3 Å². The first-order chi connectivity index (χ1) is 12.8. The third-order valence-electron chi connectivity index (χ3n) is 4.60. The lowest BCUT2D eigenvalue weighted by atomic mass is 10.0. The molecule has 0 saturated carbocycles.